The standard InChI is InChI=1S/C19H25N9/c1-16-6-11-28(25-16)18-5-4-17(23-24-18)20-9-3-10-26-12-14-27(15-13-26)19-21-7-2-8-22-19/h2,4-8,11H,3,9-10,12-15H2,1H3,(H,20,23). The molecule has 0 amide bonds. The highest BCUT2D eigenvalue weighted by molar-refractivity contribution is 5.36. The van der Waals surface area contributed by atoms with Crippen LogP contribution in [0.1, 0.15) is 12.1 Å². The van der Waals surface area contributed by atoms with Crippen molar-refractivity contribution in [3.05, 3.63) is 48.5 Å². The molecule has 1 saturated heterocycles. The zero-order valence-electron chi connectivity index (χ0n) is 16.1. The number of piperazine rings is 1. The summed E-state index contributed by atoms with van der Waals surface area (Å²) < 4.78 is 1.73. The molecule has 0 spiro atoms. The summed E-state index contributed by atoms with van der Waals surface area (Å²) in [6.07, 6.45) is 6.54. The maximum atomic E-state index is 4.34. The monoisotopic (exact) mass is 379 g/mol. The van der Waals surface area contributed by atoms with Gasteiger partial charge in [-0.1, -0.05) is 0 Å². The number of anilines is 2. The number of rotatable bonds is 7. The fourth-order valence-corrected chi connectivity index (χ4v) is 3.23. The van der Waals surface area contributed by atoms with Crippen LogP contribution in [0.4, 0.5) is 11.8 Å². The summed E-state index contributed by atoms with van der Waals surface area (Å²) in [5.41, 5.74) is 0.959. The number of hydrogen-bond donors (Lipinski definition) is 1. The topological polar surface area (TPSA) is 87.9 Å². The first kappa shape index (κ1) is 18.3. The number of aryl methyl sites for hydroxylation is 1. The van der Waals surface area contributed by atoms with E-state index < -0.39 is 0 Å². The summed E-state index contributed by atoms with van der Waals surface area (Å²) in [5, 5.41) is 16.1. The van der Waals surface area contributed by atoms with Crippen LogP contribution in [0.2, 0.25) is 0 Å². The van der Waals surface area contributed by atoms with Gasteiger partial charge in [0.25, 0.3) is 0 Å². The maximum Gasteiger partial charge on any atom is 0.225 e. The lowest BCUT2D eigenvalue weighted by Gasteiger charge is -2.34. The molecule has 0 radical (unpaired) electrons. The van der Waals surface area contributed by atoms with Gasteiger partial charge >= 0.3 is 0 Å². The van der Waals surface area contributed by atoms with Crippen molar-refractivity contribution >= 4 is 11.8 Å². The third-order valence-electron chi connectivity index (χ3n) is 4.77. The van der Waals surface area contributed by atoms with Crippen molar-refractivity contribution in [2.24, 2.45) is 0 Å². The van der Waals surface area contributed by atoms with E-state index in [-0.39, 0.29) is 0 Å². The van der Waals surface area contributed by atoms with Gasteiger partial charge in [-0.15, -0.1) is 10.2 Å². The molecule has 1 aliphatic rings. The van der Waals surface area contributed by atoms with Crippen LogP contribution in [0.3, 0.4) is 0 Å². The summed E-state index contributed by atoms with van der Waals surface area (Å²) in [4.78, 5) is 13.4. The van der Waals surface area contributed by atoms with E-state index >= 15 is 0 Å². The number of nitrogens with one attached hydrogen (secondary N) is 1. The van der Waals surface area contributed by atoms with Gasteiger partial charge in [0.15, 0.2) is 5.82 Å². The van der Waals surface area contributed by atoms with Crippen LogP contribution >= 0.6 is 0 Å². The van der Waals surface area contributed by atoms with Crippen molar-refractivity contribution in [3.63, 3.8) is 0 Å². The fraction of sp³-hybridized carbons (Fsp3) is 0.421. The van der Waals surface area contributed by atoms with Crippen molar-refractivity contribution in [1.29, 1.82) is 0 Å². The predicted molar refractivity (Wildman–Crippen MR) is 108 cm³/mol. The van der Waals surface area contributed by atoms with Gasteiger partial charge in [-0.25, -0.2) is 14.6 Å². The first-order valence-electron chi connectivity index (χ1n) is 9.62. The van der Waals surface area contributed by atoms with Gasteiger partial charge in [0.1, 0.15) is 5.82 Å². The number of aromatic nitrogens is 6. The van der Waals surface area contributed by atoms with Crippen molar-refractivity contribution in [1.82, 2.24) is 34.8 Å². The van der Waals surface area contributed by atoms with Gasteiger partial charge in [0, 0.05) is 51.3 Å². The minimum Gasteiger partial charge on any atom is -0.369 e. The van der Waals surface area contributed by atoms with Crippen molar-refractivity contribution in [2.75, 3.05) is 49.5 Å². The molecular formula is C19H25N9. The largest absolute Gasteiger partial charge is 0.369 e. The minimum atomic E-state index is 0.721. The Kier molecular flexibility index (Phi) is 5.72. The van der Waals surface area contributed by atoms with Gasteiger partial charge < -0.3 is 10.2 Å². The molecule has 3 aromatic heterocycles. The van der Waals surface area contributed by atoms with Gasteiger partial charge in [-0.3, -0.25) is 4.90 Å². The molecule has 0 saturated carbocycles. The lowest BCUT2D eigenvalue weighted by Crippen LogP contribution is -2.47. The number of nitrogens with zero attached hydrogens (tertiary/aromatic N) is 8. The van der Waals surface area contributed by atoms with E-state index in [1.807, 2.05) is 37.4 Å². The van der Waals surface area contributed by atoms with Crippen LogP contribution in [-0.4, -0.2) is 74.1 Å². The SMILES string of the molecule is Cc1ccn(-c2ccc(NCCCN3CCN(c4ncccn4)CC3)nn2)n1. The van der Waals surface area contributed by atoms with E-state index in [1.165, 1.54) is 0 Å². The van der Waals surface area contributed by atoms with Crippen LogP contribution in [-0.2, 0) is 0 Å². The molecule has 3 aromatic rings. The van der Waals surface area contributed by atoms with Gasteiger partial charge in [-0.2, -0.15) is 5.10 Å². The molecule has 0 aromatic carbocycles. The lowest BCUT2D eigenvalue weighted by atomic mass is 10.3. The molecule has 4 heterocycles. The highest BCUT2D eigenvalue weighted by Crippen LogP contribution is 2.10. The molecule has 4 rings (SSSR count). The second-order valence-electron chi connectivity index (χ2n) is 6.84. The Morgan fingerprint density at radius 3 is 2.50 bits per heavy atom. The maximum absolute atomic E-state index is 4.34. The molecular weight excluding hydrogens is 354 g/mol. The van der Waals surface area contributed by atoms with Crippen molar-refractivity contribution in [2.45, 2.75) is 13.3 Å². The highest BCUT2D eigenvalue weighted by Gasteiger charge is 2.18. The summed E-state index contributed by atoms with van der Waals surface area (Å²) in [6, 6.07) is 7.66. The molecule has 0 aliphatic carbocycles. The summed E-state index contributed by atoms with van der Waals surface area (Å²) in [5.74, 6) is 2.34. The third-order valence-corrected chi connectivity index (χ3v) is 4.77. The zero-order valence-corrected chi connectivity index (χ0v) is 16.1. The van der Waals surface area contributed by atoms with Crippen molar-refractivity contribution in [3.8, 4) is 5.82 Å². The normalized spacial score (nSPS) is 15.0. The smallest absolute Gasteiger partial charge is 0.225 e. The van der Waals surface area contributed by atoms with Crippen LogP contribution in [0.5, 0.6) is 0 Å². The van der Waals surface area contributed by atoms with Crippen LogP contribution in [0, 0.1) is 6.92 Å². The molecule has 0 unspecified atom stereocenters. The van der Waals surface area contributed by atoms with E-state index in [9.17, 15) is 0 Å². The quantitative estimate of drug-likeness (QED) is 0.616. The summed E-state index contributed by atoms with van der Waals surface area (Å²) >= 11 is 0. The molecule has 9 heteroatoms. The molecule has 9 nitrogen and oxygen atoms in total. The minimum absolute atomic E-state index is 0.721. The Balaban J connectivity index is 1.16. The van der Waals surface area contributed by atoms with E-state index in [2.05, 4.69) is 40.4 Å². The second kappa shape index (κ2) is 8.75. The van der Waals surface area contributed by atoms with Crippen LogP contribution in [0.25, 0.3) is 5.82 Å². The lowest BCUT2D eigenvalue weighted by molar-refractivity contribution is 0.256. The van der Waals surface area contributed by atoms with Crippen molar-refractivity contribution < 1.29 is 0 Å². The zero-order chi connectivity index (χ0) is 19.2. The van der Waals surface area contributed by atoms with Gasteiger partial charge in [0.2, 0.25) is 5.95 Å². The second-order valence-corrected chi connectivity index (χ2v) is 6.84. The molecule has 28 heavy (non-hydrogen) atoms. The molecule has 1 N–H and O–H groups in total. The Morgan fingerprint density at radius 2 is 1.82 bits per heavy atom. The van der Waals surface area contributed by atoms with Gasteiger partial charge in [-0.05, 0) is 44.2 Å². The van der Waals surface area contributed by atoms with Crippen LogP contribution in [0.15, 0.2) is 42.9 Å². The Bertz CT molecular complexity index is 855. The first-order chi connectivity index (χ1) is 13.8. The predicted octanol–water partition coefficient (Wildman–Crippen LogP) is 1.38. The average molecular weight is 379 g/mol. The van der Waals surface area contributed by atoms with Crippen LogP contribution < -0.4 is 10.2 Å². The summed E-state index contributed by atoms with van der Waals surface area (Å²) in [7, 11) is 0. The Hall–Kier alpha value is -3.07. The Morgan fingerprint density at radius 1 is 1.00 bits per heavy atom. The van der Waals surface area contributed by atoms with E-state index in [0.29, 0.717) is 0 Å². The van der Waals surface area contributed by atoms with E-state index in [4.69, 9.17) is 0 Å². The molecule has 0 bridgehead atoms. The molecule has 146 valence electrons. The molecule has 1 fully saturated rings. The van der Waals surface area contributed by atoms with Gasteiger partial charge in [0.05, 0.1) is 5.69 Å². The Labute approximate surface area is 164 Å². The first-order valence-corrected chi connectivity index (χ1v) is 9.62. The fourth-order valence-electron chi connectivity index (χ4n) is 3.23. The van der Waals surface area contributed by atoms with E-state index in [1.54, 1.807) is 17.1 Å². The summed E-state index contributed by atoms with van der Waals surface area (Å²) in [6.45, 7) is 7.90. The molecule has 1 aliphatic heterocycles. The van der Waals surface area contributed by atoms with E-state index in [0.717, 1.165) is 69.0 Å². The number of hydrogen-bond acceptors (Lipinski definition) is 8. The highest BCUT2D eigenvalue weighted by atomic mass is 15.3. The average Bonchev–Trinajstić information content (AvgIpc) is 3.19. The molecule has 0 atom stereocenters. The third kappa shape index (κ3) is 4.61.